The molecular weight excluding hydrogens is 382 g/mol. The molecule has 1 N–H and O–H groups in total. The van der Waals surface area contributed by atoms with Crippen molar-refractivity contribution in [1.29, 1.82) is 0 Å². The summed E-state index contributed by atoms with van der Waals surface area (Å²) >= 11 is 1.33. The van der Waals surface area contributed by atoms with Crippen LogP contribution in [-0.4, -0.2) is 37.8 Å². The summed E-state index contributed by atoms with van der Waals surface area (Å²) in [4.78, 5) is 15.6. The number of nitrogens with zero attached hydrogens (tertiary/aromatic N) is 2. The quantitative estimate of drug-likeness (QED) is 0.809. The minimum atomic E-state index is -3.36. The van der Waals surface area contributed by atoms with Crippen LogP contribution in [0.15, 0.2) is 27.5 Å². The summed E-state index contributed by atoms with van der Waals surface area (Å²) in [5, 5.41) is 3.72. The molecule has 27 heavy (non-hydrogen) atoms. The topological polar surface area (TPSA) is 78.8 Å². The molecule has 0 radical (unpaired) electrons. The van der Waals surface area contributed by atoms with Crippen LogP contribution in [0.2, 0.25) is 0 Å². The summed E-state index contributed by atoms with van der Waals surface area (Å²) in [6, 6.07) is 5.86. The second kappa shape index (κ2) is 7.47. The van der Waals surface area contributed by atoms with E-state index in [9.17, 15) is 13.2 Å². The third-order valence-corrected chi connectivity index (χ3v) is 7.95. The monoisotopic (exact) mass is 407 g/mol. The van der Waals surface area contributed by atoms with Gasteiger partial charge < -0.3 is 10.2 Å². The molecule has 6 nitrogen and oxygen atoms in total. The van der Waals surface area contributed by atoms with E-state index in [0.717, 1.165) is 17.0 Å². The average Bonchev–Trinajstić information content (AvgIpc) is 3.21. The van der Waals surface area contributed by atoms with Crippen LogP contribution < -0.4 is 10.2 Å². The van der Waals surface area contributed by atoms with Crippen LogP contribution in [0.4, 0.5) is 5.69 Å². The van der Waals surface area contributed by atoms with Crippen LogP contribution >= 0.6 is 11.8 Å². The minimum Gasteiger partial charge on any atom is -0.349 e. The fourth-order valence-electron chi connectivity index (χ4n) is 4.16. The van der Waals surface area contributed by atoms with E-state index in [1.54, 1.807) is 0 Å². The number of carbonyl (C=O) groups is 1. The fraction of sp³-hybridized carbons (Fsp3) is 0.579. The number of thioether (sulfide) groups is 1. The van der Waals surface area contributed by atoms with Gasteiger partial charge in [0.25, 0.3) is 15.9 Å². The van der Waals surface area contributed by atoms with Gasteiger partial charge in [0.1, 0.15) is 0 Å². The Labute approximate surface area is 164 Å². The third kappa shape index (κ3) is 3.87. The van der Waals surface area contributed by atoms with Crippen molar-refractivity contribution in [2.75, 3.05) is 17.2 Å². The van der Waals surface area contributed by atoms with Gasteiger partial charge >= 0.3 is 0 Å². The molecule has 0 bridgehead atoms. The van der Waals surface area contributed by atoms with E-state index in [0.29, 0.717) is 23.2 Å². The molecule has 146 valence electrons. The Kier molecular flexibility index (Phi) is 5.20. The number of nitrogens with one attached hydrogen (secondary N) is 1. The first-order valence-corrected chi connectivity index (χ1v) is 12.1. The van der Waals surface area contributed by atoms with Gasteiger partial charge in [0.15, 0.2) is 5.17 Å². The fourth-order valence-corrected chi connectivity index (χ4v) is 6.46. The molecule has 2 unspecified atom stereocenters. The molecule has 2 aliphatic heterocycles. The molecule has 1 amide bonds. The molecule has 1 aliphatic carbocycles. The Morgan fingerprint density at radius 3 is 3.04 bits per heavy atom. The van der Waals surface area contributed by atoms with Crippen LogP contribution in [0, 0.1) is 5.92 Å². The minimum absolute atomic E-state index is 0.0273. The molecule has 1 fully saturated rings. The molecule has 4 rings (SSSR count). The van der Waals surface area contributed by atoms with Crippen LogP contribution in [0.1, 0.15) is 55.8 Å². The number of unbranched alkanes of at least 4 members (excludes halogenated alkanes) is 1. The number of amidine groups is 1. The standard InChI is InChI=1S/C19H25N3O3S2/c1-2-3-5-13-6-4-7-15(13)20-18(23)14-8-9-16-17(12-14)26-19-21-27(24,25)11-10-22(16)19/h8-9,12-13,15H,2-7,10-11H2,1H3,(H,20,23). The van der Waals surface area contributed by atoms with E-state index in [2.05, 4.69) is 16.6 Å². The zero-order valence-electron chi connectivity index (χ0n) is 15.5. The van der Waals surface area contributed by atoms with Gasteiger partial charge in [0.05, 0.1) is 11.4 Å². The van der Waals surface area contributed by atoms with Crippen molar-refractivity contribution in [1.82, 2.24) is 5.32 Å². The largest absolute Gasteiger partial charge is 0.349 e. The second-order valence-corrected chi connectivity index (χ2v) is 10.3. The van der Waals surface area contributed by atoms with E-state index in [-0.39, 0.29) is 17.7 Å². The number of carbonyl (C=O) groups excluding carboxylic acids is 1. The van der Waals surface area contributed by atoms with E-state index < -0.39 is 10.0 Å². The van der Waals surface area contributed by atoms with Gasteiger partial charge in [-0.25, -0.2) is 8.42 Å². The lowest BCUT2D eigenvalue weighted by Gasteiger charge is -2.22. The number of hydrogen-bond donors (Lipinski definition) is 1. The Morgan fingerprint density at radius 1 is 1.37 bits per heavy atom. The molecule has 2 heterocycles. The van der Waals surface area contributed by atoms with Gasteiger partial charge in [-0.05, 0) is 55.1 Å². The second-order valence-electron chi connectivity index (χ2n) is 7.51. The molecule has 1 saturated carbocycles. The van der Waals surface area contributed by atoms with Gasteiger partial charge in [-0.1, -0.05) is 26.2 Å². The van der Waals surface area contributed by atoms with E-state index in [1.165, 1.54) is 43.9 Å². The van der Waals surface area contributed by atoms with Crippen molar-refractivity contribution < 1.29 is 13.2 Å². The first kappa shape index (κ1) is 18.8. The Balaban J connectivity index is 1.48. The van der Waals surface area contributed by atoms with Crippen LogP contribution in [0.5, 0.6) is 0 Å². The first-order valence-electron chi connectivity index (χ1n) is 9.70. The highest BCUT2D eigenvalue weighted by Gasteiger charge is 2.34. The highest BCUT2D eigenvalue weighted by atomic mass is 32.2. The molecule has 0 saturated heterocycles. The van der Waals surface area contributed by atoms with Gasteiger partial charge in [-0.15, -0.1) is 4.40 Å². The lowest BCUT2D eigenvalue weighted by atomic mass is 9.96. The number of benzene rings is 1. The molecule has 0 aromatic heterocycles. The van der Waals surface area contributed by atoms with Crippen molar-refractivity contribution in [3.63, 3.8) is 0 Å². The molecule has 1 aromatic carbocycles. The van der Waals surface area contributed by atoms with E-state index in [4.69, 9.17) is 0 Å². The summed E-state index contributed by atoms with van der Waals surface area (Å²) in [6.07, 6.45) is 7.03. The lowest BCUT2D eigenvalue weighted by Crippen LogP contribution is -2.37. The summed E-state index contributed by atoms with van der Waals surface area (Å²) in [5.41, 5.74) is 1.57. The maximum atomic E-state index is 12.8. The molecule has 2 atom stereocenters. The number of amides is 1. The van der Waals surface area contributed by atoms with Gasteiger partial charge in [0, 0.05) is 23.0 Å². The number of anilines is 1. The molecular formula is C19H25N3O3S2. The summed E-state index contributed by atoms with van der Waals surface area (Å²) in [6.45, 7) is 2.61. The van der Waals surface area contributed by atoms with Gasteiger partial charge in [-0.2, -0.15) is 0 Å². The molecule has 0 spiro atoms. The summed E-state index contributed by atoms with van der Waals surface area (Å²) < 4.78 is 27.3. The predicted molar refractivity (Wildman–Crippen MR) is 109 cm³/mol. The van der Waals surface area contributed by atoms with Crippen molar-refractivity contribution in [3.8, 4) is 0 Å². The third-order valence-electron chi connectivity index (χ3n) is 5.64. The summed E-state index contributed by atoms with van der Waals surface area (Å²) in [5.74, 6) is 0.581. The smallest absolute Gasteiger partial charge is 0.257 e. The highest BCUT2D eigenvalue weighted by Crippen LogP contribution is 2.42. The molecule has 3 aliphatic rings. The Hall–Kier alpha value is -1.54. The summed E-state index contributed by atoms with van der Waals surface area (Å²) in [7, 11) is -3.36. The van der Waals surface area contributed by atoms with Crippen LogP contribution in [0.3, 0.4) is 0 Å². The van der Waals surface area contributed by atoms with Crippen LogP contribution in [-0.2, 0) is 10.0 Å². The molecule has 1 aromatic rings. The van der Waals surface area contributed by atoms with Crippen molar-refractivity contribution in [3.05, 3.63) is 23.8 Å². The van der Waals surface area contributed by atoms with Crippen molar-refractivity contribution >= 4 is 38.5 Å². The van der Waals surface area contributed by atoms with Crippen LogP contribution in [0.25, 0.3) is 0 Å². The number of sulfonamides is 1. The van der Waals surface area contributed by atoms with E-state index in [1.807, 2.05) is 23.1 Å². The zero-order valence-corrected chi connectivity index (χ0v) is 17.1. The van der Waals surface area contributed by atoms with Crippen molar-refractivity contribution in [2.24, 2.45) is 10.3 Å². The van der Waals surface area contributed by atoms with Gasteiger partial charge in [0.2, 0.25) is 0 Å². The molecule has 8 heteroatoms. The van der Waals surface area contributed by atoms with Crippen molar-refractivity contribution in [2.45, 2.75) is 56.4 Å². The SMILES string of the molecule is CCCCC1CCCC1NC(=O)c1ccc2c(c1)SC1=NS(=O)(=O)CCN12. The highest BCUT2D eigenvalue weighted by molar-refractivity contribution is 8.15. The van der Waals surface area contributed by atoms with E-state index >= 15 is 0 Å². The lowest BCUT2D eigenvalue weighted by molar-refractivity contribution is 0.0926. The number of fused-ring (bicyclic) bond motifs is 3. The Bertz CT molecular complexity index is 882. The predicted octanol–water partition coefficient (Wildman–Crippen LogP) is 3.39. The number of hydrogen-bond acceptors (Lipinski definition) is 5. The Morgan fingerprint density at radius 2 is 2.22 bits per heavy atom. The number of rotatable bonds is 5. The maximum absolute atomic E-state index is 12.8. The first-order chi connectivity index (χ1) is 13.0. The average molecular weight is 408 g/mol. The van der Waals surface area contributed by atoms with Gasteiger partial charge in [-0.3, -0.25) is 4.79 Å². The normalized spacial score (nSPS) is 25.7. The maximum Gasteiger partial charge on any atom is 0.257 e. The zero-order chi connectivity index (χ0) is 19.0.